The van der Waals surface area contributed by atoms with E-state index in [0.29, 0.717) is 32.5 Å². The van der Waals surface area contributed by atoms with E-state index in [4.69, 9.17) is 0 Å². The molecule has 140 valence electrons. The summed E-state index contributed by atoms with van der Waals surface area (Å²) in [7, 11) is 0.846. The Bertz CT molecular complexity index is 678. The second-order valence-electron chi connectivity index (χ2n) is 7.07. The van der Waals surface area contributed by atoms with Gasteiger partial charge in [-0.25, -0.2) is 12.7 Å². The highest BCUT2D eigenvalue weighted by atomic mass is 32.2. The summed E-state index contributed by atoms with van der Waals surface area (Å²) in [4.78, 5) is 14.6. The summed E-state index contributed by atoms with van der Waals surface area (Å²) in [5.41, 5.74) is 2.38. The molecule has 0 radical (unpaired) electrons. The number of likely N-dealkylation sites (N-methyl/N-ethyl adjacent to an activating group) is 1. The van der Waals surface area contributed by atoms with Gasteiger partial charge in [0.2, 0.25) is 15.9 Å². The molecule has 1 aromatic carbocycles. The van der Waals surface area contributed by atoms with Crippen LogP contribution in [0, 0.1) is 12.8 Å². The van der Waals surface area contributed by atoms with Gasteiger partial charge in [-0.1, -0.05) is 29.8 Å². The third-order valence-electron chi connectivity index (χ3n) is 4.85. The topological polar surface area (TPSA) is 69.7 Å². The molecule has 2 rings (SSSR count). The van der Waals surface area contributed by atoms with Crippen molar-refractivity contribution in [1.82, 2.24) is 14.5 Å². The maximum Gasteiger partial charge on any atom is 0.223 e. The molecule has 1 aromatic rings. The minimum Gasteiger partial charge on any atom is -0.354 e. The number of nitrogens with one attached hydrogen (secondary N) is 1. The Morgan fingerprint density at radius 1 is 1.24 bits per heavy atom. The average Bonchev–Trinajstić information content (AvgIpc) is 2.55. The lowest BCUT2D eigenvalue weighted by atomic mass is 9.97. The molecule has 25 heavy (non-hydrogen) atoms. The lowest BCUT2D eigenvalue weighted by Gasteiger charge is -2.30. The molecule has 1 amide bonds. The van der Waals surface area contributed by atoms with Gasteiger partial charge in [-0.3, -0.25) is 4.79 Å². The molecule has 6 nitrogen and oxygen atoms in total. The van der Waals surface area contributed by atoms with Gasteiger partial charge in [-0.05, 0) is 39.4 Å². The summed E-state index contributed by atoms with van der Waals surface area (Å²) < 4.78 is 24.6. The molecular formula is C18H29N3O3S. The van der Waals surface area contributed by atoms with Gasteiger partial charge >= 0.3 is 0 Å². The molecule has 0 aromatic heterocycles. The molecule has 1 fully saturated rings. The van der Waals surface area contributed by atoms with E-state index >= 15 is 0 Å². The van der Waals surface area contributed by atoms with E-state index in [-0.39, 0.29) is 17.9 Å². The van der Waals surface area contributed by atoms with E-state index in [2.05, 4.69) is 41.4 Å². The fourth-order valence-corrected chi connectivity index (χ4v) is 4.05. The van der Waals surface area contributed by atoms with Crippen LogP contribution in [0.25, 0.3) is 0 Å². The number of amides is 1. The lowest BCUT2D eigenvalue weighted by molar-refractivity contribution is -0.126. The van der Waals surface area contributed by atoms with Gasteiger partial charge in [0, 0.05) is 25.6 Å². The molecule has 1 heterocycles. The minimum atomic E-state index is -3.16. The van der Waals surface area contributed by atoms with Crippen molar-refractivity contribution in [2.75, 3.05) is 40.0 Å². The predicted octanol–water partition coefficient (Wildman–Crippen LogP) is 1.39. The molecule has 0 bridgehead atoms. The van der Waals surface area contributed by atoms with Crippen molar-refractivity contribution in [3.63, 3.8) is 0 Å². The standard InChI is InChI=1S/C18H29N3O3S/c1-14-5-7-15(8-6-14)17(20(2)3)13-19-18(22)16-9-11-21(12-10-16)25(4,23)24/h5-8,16-17H,9-13H2,1-4H3,(H,19,22). The van der Waals surface area contributed by atoms with E-state index < -0.39 is 10.0 Å². The summed E-state index contributed by atoms with van der Waals surface area (Å²) in [6.45, 7) is 3.44. The van der Waals surface area contributed by atoms with Crippen LogP contribution in [0.4, 0.5) is 0 Å². The highest BCUT2D eigenvalue weighted by Gasteiger charge is 2.29. The second-order valence-corrected chi connectivity index (χ2v) is 9.05. The monoisotopic (exact) mass is 367 g/mol. The number of benzene rings is 1. The molecule has 1 saturated heterocycles. The van der Waals surface area contributed by atoms with Crippen molar-refractivity contribution in [2.24, 2.45) is 5.92 Å². The number of aryl methyl sites for hydroxylation is 1. The Kier molecular flexibility index (Phi) is 6.59. The van der Waals surface area contributed by atoms with E-state index in [1.165, 1.54) is 21.7 Å². The van der Waals surface area contributed by atoms with Crippen LogP contribution in [0.3, 0.4) is 0 Å². The van der Waals surface area contributed by atoms with Crippen molar-refractivity contribution in [1.29, 1.82) is 0 Å². The van der Waals surface area contributed by atoms with Crippen molar-refractivity contribution < 1.29 is 13.2 Å². The van der Waals surface area contributed by atoms with Crippen LogP contribution in [0.5, 0.6) is 0 Å². The molecular weight excluding hydrogens is 338 g/mol. The molecule has 1 aliphatic heterocycles. The smallest absolute Gasteiger partial charge is 0.223 e. The highest BCUT2D eigenvalue weighted by Crippen LogP contribution is 2.21. The summed E-state index contributed by atoms with van der Waals surface area (Å²) in [5.74, 6) is -0.0917. The average molecular weight is 368 g/mol. The molecule has 0 spiro atoms. The molecule has 1 atom stereocenters. The normalized spacial score (nSPS) is 18.3. The number of sulfonamides is 1. The number of nitrogens with zero attached hydrogens (tertiary/aromatic N) is 2. The van der Waals surface area contributed by atoms with Crippen LogP contribution in [0.2, 0.25) is 0 Å². The SMILES string of the molecule is Cc1ccc(C(CNC(=O)C2CCN(S(C)(=O)=O)CC2)N(C)C)cc1. The number of carbonyl (C=O) groups is 1. The molecule has 1 aliphatic rings. The number of hydrogen-bond acceptors (Lipinski definition) is 4. The fraction of sp³-hybridized carbons (Fsp3) is 0.611. The first-order valence-corrected chi connectivity index (χ1v) is 10.5. The predicted molar refractivity (Wildman–Crippen MR) is 99.8 cm³/mol. The maximum absolute atomic E-state index is 12.5. The number of piperidine rings is 1. The second kappa shape index (κ2) is 8.29. The van der Waals surface area contributed by atoms with Crippen molar-refractivity contribution in [2.45, 2.75) is 25.8 Å². The van der Waals surface area contributed by atoms with Crippen LogP contribution in [-0.2, 0) is 14.8 Å². The molecule has 0 aliphatic carbocycles. The van der Waals surface area contributed by atoms with Gasteiger partial charge in [0.05, 0.1) is 12.3 Å². The fourth-order valence-electron chi connectivity index (χ4n) is 3.18. The Labute approximate surface area is 151 Å². The first kappa shape index (κ1) is 19.9. The Morgan fingerprint density at radius 2 is 1.80 bits per heavy atom. The number of rotatable bonds is 6. The van der Waals surface area contributed by atoms with E-state index in [0.717, 1.165) is 0 Å². The van der Waals surface area contributed by atoms with Crippen molar-refractivity contribution in [3.8, 4) is 0 Å². The van der Waals surface area contributed by atoms with Gasteiger partial charge in [0.25, 0.3) is 0 Å². The largest absolute Gasteiger partial charge is 0.354 e. The van der Waals surface area contributed by atoms with E-state index in [1.807, 2.05) is 14.1 Å². The number of hydrogen-bond donors (Lipinski definition) is 1. The van der Waals surface area contributed by atoms with Crippen molar-refractivity contribution >= 4 is 15.9 Å². The highest BCUT2D eigenvalue weighted by molar-refractivity contribution is 7.88. The van der Waals surface area contributed by atoms with E-state index in [9.17, 15) is 13.2 Å². The van der Waals surface area contributed by atoms with Gasteiger partial charge in [-0.2, -0.15) is 0 Å². The third-order valence-corrected chi connectivity index (χ3v) is 6.15. The van der Waals surface area contributed by atoms with Crippen molar-refractivity contribution in [3.05, 3.63) is 35.4 Å². The van der Waals surface area contributed by atoms with Crippen LogP contribution < -0.4 is 5.32 Å². The third kappa shape index (κ3) is 5.52. The Balaban J connectivity index is 1.90. The summed E-state index contributed by atoms with van der Waals surface area (Å²) in [6, 6.07) is 8.46. The van der Waals surface area contributed by atoms with Crippen LogP contribution in [-0.4, -0.2) is 63.5 Å². The zero-order chi connectivity index (χ0) is 18.6. The zero-order valence-corrected chi connectivity index (χ0v) is 16.3. The van der Waals surface area contributed by atoms with Gasteiger partial charge in [0.1, 0.15) is 0 Å². The first-order valence-electron chi connectivity index (χ1n) is 8.64. The molecule has 7 heteroatoms. The van der Waals surface area contributed by atoms with Gasteiger partial charge < -0.3 is 10.2 Å². The zero-order valence-electron chi connectivity index (χ0n) is 15.5. The quantitative estimate of drug-likeness (QED) is 0.825. The minimum absolute atomic E-state index is 0.0205. The molecule has 0 saturated carbocycles. The first-order chi connectivity index (χ1) is 11.7. The van der Waals surface area contributed by atoms with Gasteiger partial charge in [-0.15, -0.1) is 0 Å². The van der Waals surface area contributed by atoms with Gasteiger partial charge in [0.15, 0.2) is 0 Å². The lowest BCUT2D eigenvalue weighted by Crippen LogP contribution is -2.44. The summed E-state index contributed by atoms with van der Waals surface area (Å²) in [5, 5.41) is 3.05. The van der Waals surface area contributed by atoms with E-state index in [1.54, 1.807) is 0 Å². The maximum atomic E-state index is 12.5. The Morgan fingerprint density at radius 3 is 2.28 bits per heavy atom. The summed E-state index contributed by atoms with van der Waals surface area (Å²) >= 11 is 0. The van der Waals surface area contributed by atoms with Crippen LogP contribution in [0.1, 0.15) is 30.0 Å². The molecule has 1 unspecified atom stereocenters. The van der Waals surface area contributed by atoms with Crippen LogP contribution in [0.15, 0.2) is 24.3 Å². The summed E-state index contributed by atoms with van der Waals surface area (Å²) in [6.07, 6.45) is 2.38. The molecule has 1 N–H and O–H groups in total. The number of carbonyl (C=O) groups excluding carboxylic acids is 1. The van der Waals surface area contributed by atoms with Crippen LogP contribution >= 0.6 is 0 Å². The Hall–Kier alpha value is -1.44.